The Bertz CT molecular complexity index is 473. The summed E-state index contributed by atoms with van der Waals surface area (Å²) < 4.78 is 11.0. The summed E-state index contributed by atoms with van der Waals surface area (Å²) in [5.41, 5.74) is 0.983. The zero-order valence-corrected chi connectivity index (χ0v) is 13.8. The zero-order valence-electron chi connectivity index (χ0n) is 13.8. The average Bonchev–Trinajstić information content (AvgIpc) is 2.46. The number of benzene rings is 1. The van der Waals surface area contributed by atoms with Crippen molar-refractivity contribution in [3.63, 3.8) is 0 Å². The Kier molecular flexibility index (Phi) is 6.69. The first-order chi connectivity index (χ1) is 9.96. The molecular formula is C17H27NO3. The third kappa shape index (κ3) is 4.74. The van der Waals surface area contributed by atoms with Gasteiger partial charge in [-0.25, -0.2) is 0 Å². The summed E-state index contributed by atoms with van der Waals surface area (Å²) in [4.78, 5) is 12.4. The van der Waals surface area contributed by atoms with Gasteiger partial charge in [-0.3, -0.25) is 4.79 Å². The first kappa shape index (κ1) is 17.5. The first-order valence-electron chi connectivity index (χ1n) is 7.57. The Morgan fingerprint density at radius 3 is 2.52 bits per heavy atom. The molecule has 0 saturated heterocycles. The van der Waals surface area contributed by atoms with Crippen LogP contribution in [0.15, 0.2) is 18.2 Å². The standard InChI is InChI=1S/C17H27NO3/c1-6-10-17(4,20-5)16(19)18-14-8-9-15(13(3)12-14)21-11-7-2/h8-9,12H,6-7,10-11H2,1-5H3,(H,18,19)/t17-/m0/s1. The van der Waals surface area contributed by atoms with E-state index in [1.54, 1.807) is 7.11 Å². The molecule has 118 valence electrons. The van der Waals surface area contributed by atoms with E-state index in [-0.39, 0.29) is 5.91 Å². The van der Waals surface area contributed by atoms with Gasteiger partial charge in [0.05, 0.1) is 6.61 Å². The number of carbonyl (C=O) groups excluding carboxylic acids is 1. The lowest BCUT2D eigenvalue weighted by molar-refractivity contribution is -0.136. The molecule has 1 rings (SSSR count). The Morgan fingerprint density at radius 1 is 1.29 bits per heavy atom. The number of amides is 1. The molecule has 0 aromatic heterocycles. The van der Waals surface area contributed by atoms with Gasteiger partial charge in [-0.2, -0.15) is 0 Å². The number of hydrogen-bond donors (Lipinski definition) is 1. The van der Waals surface area contributed by atoms with Crippen LogP contribution in [0, 0.1) is 6.92 Å². The van der Waals surface area contributed by atoms with Crippen molar-refractivity contribution in [1.29, 1.82) is 0 Å². The van der Waals surface area contributed by atoms with Crippen molar-refractivity contribution in [2.24, 2.45) is 0 Å². The third-order valence-electron chi connectivity index (χ3n) is 3.55. The molecule has 0 spiro atoms. The van der Waals surface area contributed by atoms with Crippen LogP contribution in [0.4, 0.5) is 5.69 Å². The van der Waals surface area contributed by atoms with E-state index in [1.807, 2.05) is 39.0 Å². The van der Waals surface area contributed by atoms with Gasteiger partial charge < -0.3 is 14.8 Å². The first-order valence-corrected chi connectivity index (χ1v) is 7.57. The number of hydrogen-bond acceptors (Lipinski definition) is 3. The fourth-order valence-corrected chi connectivity index (χ4v) is 2.15. The number of ether oxygens (including phenoxy) is 2. The minimum Gasteiger partial charge on any atom is -0.493 e. The maximum absolute atomic E-state index is 12.4. The molecule has 1 N–H and O–H groups in total. The fraction of sp³-hybridized carbons (Fsp3) is 0.588. The molecule has 1 atom stereocenters. The van der Waals surface area contributed by atoms with E-state index in [1.165, 1.54) is 0 Å². The summed E-state index contributed by atoms with van der Waals surface area (Å²) in [6.45, 7) is 8.60. The monoisotopic (exact) mass is 293 g/mol. The summed E-state index contributed by atoms with van der Waals surface area (Å²) in [6, 6.07) is 5.67. The quantitative estimate of drug-likeness (QED) is 0.790. The molecule has 0 aliphatic carbocycles. The van der Waals surface area contributed by atoms with Crippen LogP contribution in [0.3, 0.4) is 0 Å². The van der Waals surface area contributed by atoms with E-state index < -0.39 is 5.60 Å². The molecule has 0 saturated carbocycles. The van der Waals surface area contributed by atoms with Crippen molar-refractivity contribution < 1.29 is 14.3 Å². The zero-order chi connectivity index (χ0) is 15.9. The lowest BCUT2D eigenvalue weighted by Gasteiger charge is -2.26. The second-order valence-electron chi connectivity index (χ2n) is 5.47. The molecule has 0 unspecified atom stereocenters. The molecule has 1 aromatic rings. The molecule has 21 heavy (non-hydrogen) atoms. The number of aryl methyl sites for hydroxylation is 1. The largest absolute Gasteiger partial charge is 0.493 e. The minimum absolute atomic E-state index is 0.117. The van der Waals surface area contributed by atoms with Crippen LogP contribution in [-0.2, 0) is 9.53 Å². The van der Waals surface area contributed by atoms with E-state index >= 15 is 0 Å². The molecule has 0 bridgehead atoms. The summed E-state index contributed by atoms with van der Waals surface area (Å²) >= 11 is 0. The molecule has 4 nitrogen and oxygen atoms in total. The van der Waals surface area contributed by atoms with Gasteiger partial charge in [0.2, 0.25) is 0 Å². The molecular weight excluding hydrogens is 266 g/mol. The summed E-state index contributed by atoms with van der Waals surface area (Å²) in [5, 5.41) is 2.92. The van der Waals surface area contributed by atoms with Crippen molar-refractivity contribution in [3.05, 3.63) is 23.8 Å². The molecule has 0 aliphatic heterocycles. The third-order valence-corrected chi connectivity index (χ3v) is 3.55. The molecule has 0 heterocycles. The van der Waals surface area contributed by atoms with Gasteiger partial charge in [0, 0.05) is 12.8 Å². The summed E-state index contributed by atoms with van der Waals surface area (Å²) in [6.07, 6.45) is 2.55. The fourth-order valence-electron chi connectivity index (χ4n) is 2.15. The van der Waals surface area contributed by atoms with Crippen LogP contribution in [0.25, 0.3) is 0 Å². The summed E-state index contributed by atoms with van der Waals surface area (Å²) in [5.74, 6) is 0.742. The Morgan fingerprint density at radius 2 is 2.00 bits per heavy atom. The van der Waals surface area contributed by atoms with Crippen molar-refractivity contribution in [3.8, 4) is 5.75 Å². The molecule has 1 amide bonds. The minimum atomic E-state index is -0.792. The topological polar surface area (TPSA) is 47.6 Å². The molecule has 4 heteroatoms. The number of nitrogens with one attached hydrogen (secondary N) is 1. The van der Waals surface area contributed by atoms with Gasteiger partial charge in [-0.1, -0.05) is 20.3 Å². The lowest BCUT2D eigenvalue weighted by atomic mass is 9.99. The van der Waals surface area contributed by atoms with Crippen LogP contribution in [0.2, 0.25) is 0 Å². The molecule has 0 radical (unpaired) electrons. The number of anilines is 1. The van der Waals surface area contributed by atoms with Crippen LogP contribution in [0.5, 0.6) is 5.75 Å². The van der Waals surface area contributed by atoms with Crippen LogP contribution >= 0.6 is 0 Å². The average molecular weight is 293 g/mol. The second kappa shape index (κ2) is 8.03. The van der Waals surface area contributed by atoms with E-state index in [4.69, 9.17) is 9.47 Å². The van der Waals surface area contributed by atoms with Crippen molar-refractivity contribution in [2.45, 2.75) is 52.6 Å². The van der Waals surface area contributed by atoms with Gasteiger partial charge in [0.1, 0.15) is 11.4 Å². The highest BCUT2D eigenvalue weighted by Gasteiger charge is 2.32. The van der Waals surface area contributed by atoms with Crippen molar-refractivity contribution >= 4 is 11.6 Å². The number of methoxy groups -OCH3 is 1. The normalized spacial score (nSPS) is 13.6. The second-order valence-corrected chi connectivity index (χ2v) is 5.47. The van der Waals surface area contributed by atoms with Crippen LogP contribution in [-0.4, -0.2) is 25.2 Å². The maximum atomic E-state index is 12.4. The van der Waals surface area contributed by atoms with E-state index in [0.29, 0.717) is 13.0 Å². The predicted octanol–water partition coefficient (Wildman–Crippen LogP) is 3.93. The van der Waals surface area contributed by atoms with Crippen molar-refractivity contribution in [2.75, 3.05) is 19.0 Å². The Labute approximate surface area is 127 Å². The molecule has 0 aliphatic rings. The van der Waals surface area contributed by atoms with Gasteiger partial charge >= 0.3 is 0 Å². The van der Waals surface area contributed by atoms with Crippen LogP contribution < -0.4 is 10.1 Å². The maximum Gasteiger partial charge on any atom is 0.256 e. The highest BCUT2D eigenvalue weighted by atomic mass is 16.5. The lowest BCUT2D eigenvalue weighted by Crippen LogP contribution is -2.41. The number of rotatable bonds is 8. The molecule has 1 aromatic carbocycles. The molecule has 0 fully saturated rings. The van der Waals surface area contributed by atoms with Gasteiger partial charge in [-0.05, 0) is 50.5 Å². The van der Waals surface area contributed by atoms with Gasteiger partial charge in [0.25, 0.3) is 5.91 Å². The Hall–Kier alpha value is -1.55. The highest BCUT2D eigenvalue weighted by Crippen LogP contribution is 2.24. The van der Waals surface area contributed by atoms with E-state index in [2.05, 4.69) is 12.2 Å². The number of carbonyl (C=O) groups is 1. The predicted molar refractivity (Wildman–Crippen MR) is 85.9 cm³/mol. The Balaban J connectivity index is 2.79. The van der Waals surface area contributed by atoms with E-state index in [0.717, 1.165) is 29.8 Å². The van der Waals surface area contributed by atoms with Gasteiger partial charge in [0.15, 0.2) is 0 Å². The SMILES string of the molecule is CCCOc1ccc(NC(=O)[C@](C)(CCC)OC)cc1C. The smallest absolute Gasteiger partial charge is 0.256 e. The van der Waals surface area contributed by atoms with E-state index in [9.17, 15) is 4.79 Å². The summed E-state index contributed by atoms with van der Waals surface area (Å²) in [7, 11) is 1.57. The van der Waals surface area contributed by atoms with Gasteiger partial charge in [-0.15, -0.1) is 0 Å². The van der Waals surface area contributed by atoms with Crippen molar-refractivity contribution in [1.82, 2.24) is 0 Å². The highest BCUT2D eigenvalue weighted by molar-refractivity contribution is 5.97. The van der Waals surface area contributed by atoms with Crippen LogP contribution in [0.1, 0.15) is 45.6 Å².